The van der Waals surface area contributed by atoms with Crippen LogP contribution in [0, 0.1) is 20.8 Å². The van der Waals surface area contributed by atoms with Crippen LogP contribution in [0.5, 0.6) is 0 Å². The molecule has 0 unspecified atom stereocenters. The van der Waals surface area contributed by atoms with Crippen LogP contribution < -0.4 is 5.56 Å². The van der Waals surface area contributed by atoms with Gasteiger partial charge in [-0.15, -0.1) is 0 Å². The van der Waals surface area contributed by atoms with Crippen LogP contribution in [-0.4, -0.2) is 37.1 Å². The maximum absolute atomic E-state index is 13.1. The van der Waals surface area contributed by atoms with Gasteiger partial charge in [-0.3, -0.25) is 19.1 Å². The van der Waals surface area contributed by atoms with E-state index in [1.165, 1.54) is 5.69 Å². The molecule has 4 rings (SSSR count). The van der Waals surface area contributed by atoms with Crippen molar-refractivity contribution in [1.82, 2.24) is 24.0 Å². The van der Waals surface area contributed by atoms with Crippen molar-refractivity contribution in [3.8, 4) is 5.69 Å². The van der Waals surface area contributed by atoms with Gasteiger partial charge in [-0.25, -0.2) is 4.68 Å². The SMILES string of the molecule is Cc1cc(C)n([C@H]2CCN(Cc3c(C)n(C)n(-c4ccccc4)c3=O)C2)n1. The van der Waals surface area contributed by atoms with Gasteiger partial charge in [0.25, 0.3) is 5.56 Å². The van der Waals surface area contributed by atoms with Gasteiger partial charge in [-0.05, 0) is 45.4 Å². The Labute approximate surface area is 159 Å². The highest BCUT2D eigenvalue weighted by Gasteiger charge is 2.27. The van der Waals surface area contributed by atoms with E-state index in [1.807, 2.05) is 55.9 Å². The summed E-state index contributed by atoms with van der Waals surface area (Å²) in [5.74, 6) is 0. The Morgan fingerprint density at radius 1 is 1.15 bits per heavy atom. The normalized spacial score (nSPS) is 17.7. The van der Waals surface area contributed by atoms with Crippen LogP contribution in [0.4, 0.5) is 0 Å². The minimum absolute atomic E-state index is 0.0794. The number of aromatic nitrogens is 4. The molecule has 0 N–H and O–H groups in total. The molecule has 6 heteroatoms. The standard InChI is InChI=1S/C21H27N5O/c1-15-12-16(2)25(22-15)19-10-11-24(13-19)14-20-17(3)23(4)26(21(20)27)18-8-6-5-7-9-18/h5-9,12,19H,10-11,13-14H2,1-4H3/t19-/m0/s1. The van der Waals surface area contributed by atoms with Gasteiger partial charge < -0.3 is 0 Å². The summed E-state index contributed by atoms with van der Waals surface area (Å²) in [7, 11) is 1.95. The highest BCUT2D eigenvalue weighted by atomic mass is 16.1. The van der Waals surface area contributed by atoms with Gasteiger partial charge in [0.2, 0.25) is 0 Å². The average molecular weight is 365 g/mol. The third kappa shape index (κ3) is 3.14. The third-order valence-electron chi connectivity index (χ3n) is 5.69. The smallest absolute Gasteiger partial charge is 0.276 e. The fourth-order valence-electron chi connectivity index (χ4n) is 4.20. The molecule has 3 heterocycles. The van der Waals surface area contributed by atoms with Gasteiger partial charge >= 0.3 is 0 Å². The first-order valence-electron chi connectivity index (χ1n) is 9.53. The molecule has 0 radical (unpaired) electrons. The number of aryl methyl sites for hydroxylation is 2. The first-order valence-corrected chi connectivity index (χ1v) is 9.53. The topological polar surface area (TPSA) is 48.0 Å². The van der Waals surface area contributed by atoms with E-state index in [-0.39, 0.29) is 5.56 Å². The van der Waals surface area contributed by atoms with Crippen molar-refractivity contribution in [3.63, 3.8) is 0 Å². The minimum atomic E-state index is 0.0794. The molecule has 0 saturated carbocycles. The lowest BCUT2D eigenvalue weighted by Crippen LogP contribution is -2.26. The van der Waals surface area contributed by atoms with Gasteiger partial charge in [0.05, 0.1) is 23.0 Å². The van der Waals surface area contributed by atoms with E-state index in [0.717, 1.165) is 42.1 Å². The third-order valence-corrected chi connectivity index (χ3v) is 5.69. The molecule has 1 fully saturated rings. The van der Waals surface area contributed by atoms with E-state index in [4.69, 9.17) is 0 Å². The van der Waals surface area contributed by atoms with E-state index < -0.39 is 0 Å². The lowest BCUT2D eigenvalue weighted by molar-refractivity contribution is 0.309. The van der Waals surface area contributed by atoms with Crippen LogP contribution in [0.3, 0.4) is 0 Å². The minimum Gasteiger partial charge on any atom is -0.297 e. The van der Waals surface area contributed by atoms with Crippen LogP contribution in [0.25, 0.3) is 5.69 Å². The van der Waals surface area contributed by atoms with Gasteiger partial charge in [-0.1, -0.05) is 18.2 Å². The van der Waals surface area contributed by atoms with E-state index in [0.29, 0.717) is 12.6 Å². The maximum Gasteiger partial charge on any atom is 0.276 e. The summed E-state index contributed by atoms with van der Waals surface area (Å²) in [5.41, 5.74) is 5.17. The van der Waals surface area contributed by atoms with Crippen molar-refractivity contribution in [2.45, 2.75) is 39.8 Å². The van der Waals surface area contributed by atoms with Gasteiger partial charge in [0, 0.05) is 38.1 Å². The molecule has 27 heavy (non-hydrogen) atoms. The largest absolute Gasteiger partial charge is 0.297 e. The second kappa shape index (κ2) is 6.85. The molecule has 1 atom stereocenters. The number of hydrogen-bond acceptors (Lipinski definition) is 3. The maximum atomic E-state index is 13.1. The summed E-state index contributed by atoms with van der Waals surface area (Å²) in [6.45, 7) is 8.79. The number of benzene rings is 1. The molecule has 0 aliphatic carbocycles. The Bertz CT molecular complexity index is 1010. The molecular weight excluding hydrogens is 338 g/mol. The fraction of sp³-hybridized carbons (Fsp3) is 0.429. The number of rotatable bonds is 4. The molecule has 1 aliphatic heterocycles. The molecule has 142 valence electrons. The Kier molecular flexibility index (Phi) is 4.52. The Morgan fingerprint density at radius 2 is 1.89 bits per heavy atom. The van der Waals surface area contributed by atoms with Crippen molar-refractivity contribution >= 4 is 0 Å². The summed E-state index contributed by atoms with van der Waals surface area (Å²) >= 11 is 0. The average Bonchev–Trinajstić information content (AvgIpc) is 3.30. The Balaban J connectivity index is 1.57. The molecule has 3 aromatic rings. The zero-order valence-corrected chi connectivity index (χ0v) is 16.5. The number of nitrogens with zero attached hydrogens (tertiary/aromatic N) is 5. The van der Waals surface area contributed by atoms with Crippen LogP contribution in [0.2, 0.25) is 0 Å². The Morgan fingerprint density at radius 3 is 2.56 bits per heavy atom. The van der Waals surface area contributed by atoms with Crippen molar-refractivity contribution in [3.05, 3.63) is 69.4 Å². The van der Waals surface area contributed by atoms with E-state index >= 15 is 0 Å². The molecule has 0 amide bonds. The second-order valence-electron chi connectivity index (χ2n) is 7.59. The summed E-state index contributed by atoms with van der Waals surface area (Å²) < 4.78 is 5.87. The van der Waals surface area contributed by atoms with Crippen molar-refractivity contribution in [2.75, 3.05) is 13.1 Å². The fourth-order valence-corrected chi connectivity index (χ4v) is 4.20. The van der Waals surface area contributed by atoms with Crippen LogP contribution in [0.1, 0.15) is 35.1 Å². The highest BCUT2D eigenvalue weighted by Crippen LogP contribution is 2.24. The monoisotopic (exact) mass is 365 g/mol. The van der Waals surface area contributed by atoms with Gasteiger partial charge in [0.1, 0.15) is 0 Å². The van der Waals surface area contributed by atoms with Gasteiger partial charge in [-0.2, -0.15) is 5.10 Å². The zero-order chi connectivity index (χ0) is 19.1. The number of hydrogen-bond donors (Lipinski definition) is 0. The summed E-state index contributed by atoms with van der Waals surface area (Å²) in [4.78, 5) is 15.5. The number of para-hydroxylation sites is 1. The van der Waals surface area contributed by atoms with Crippen LogP contribution in [-0.2, 0) is 13.6 Å². The molecule has 1 aromatic carbocycles. The van der Waals surface area contributed by atoms with Crippen molar-refractivity contribution in [1.29, 1.82) is 0 Å². The van der Waals surface area contributed by atoms with Crippen molar-refractivity contribution in [2.24, 2.45) is 7.05 Å². The van der Waals surface area contributed by atoms with E-state index in [1.54, 1.807) is 4.68 Å². The molecule has 1 saturated heterocycles. The molecule has 1 aliphatic rings. The van der Waals surface area contributed by atoms with Crippen LogP contribution >= 0.6 is 0 Å². The zero-order valence-electron chi connectivity index (χ0n) is 16.5. The molecule has 0 bridgehead atoms. The molecule has 0 spiro atoms. The van der Waals surface area contributed by atoms with Crippen LogP contribution in [0.15, 0.2) is 41.2 Å². The van der Waals surface area contributed by atoms with E-state index in [9.17, 15) is 4.79 Å². The van der Waals surface area contributed by atoms with Crippen molar-refractivity contribution < 1.29 is 0 Å². The highest BCUT2D eigenvalue weighted by molar-refractivity contribution is 5.33. The van der Waals surface area contributed by atoms with Gasteiger partial charge in [0.15, 0.2) is 0 Å². The summed E-state index contributed by atoms with van der Waals surface area (Å²) in [6.07, 6.45) is 1.07. The number of likely N-dealkylation sites (tertiary alicyclic amines) is 1. The van der Waals surface area contributed by atoms with E-state index in [2.05, 4.69) is 27.7 Å². The summed E-state index contributed by atoms with van der Waals surface area (Å²) in [5, 5.41) is 4.65. The first-order chi connectivity index (χ1) is 13.0. The molecular formula is C21H27N5O. The Hall–Kier alpha value is -2.60. The lowest BCUT2D eigenvalue weighted by atomic mass is 10.2. The molecule has 6 nitrogen and oxygen atoms in total. The predicted octanol–water partition coefficient (Wildman–Crippen LogP) is 2.74. The first kappa shape index (κ1) is 17.8. The predicted molar refractivity (Wildman–Crippen MR) is 106 cm³/mol. The second-order valence-corrected chi connectivity index (χ2v) is 7.59. The quantitative estimate of drug-likeness (QED) is 0.714. The molecule has 2 aromatic heterocycles. The summed E-state index contributed by atoms with van der Waals surface area (Å²) in [6, 6.07) is 12.3. The lowest BCUT2D eigenvalue weighted by Gasteiger charge is -2.16.